The molecule has 0 spiro atoms. The Kier molecular flexibility index (Phi) is 5.83. The van der Waals surface area contributed by atoms with Crippen LogP contribution >= 0.6 is 0 Å². The summed E-state index contributed by atoms with van der Waals surface area (Å²) in [7, 11) is 0. The predicted octanol–water partition coefficient (Wildman–Crippen LogP) is 5.54. The number of carbonyl (C=O) groups is 1. The summed E-state index contributed by atoms with van der Waals surface area (Å²) in [5.41, 5.74) is -0.385. The van der Waals surface area contributed by atoms with Crippen molar-refractivity contribution in [3.8, 4) is 17.2 Å². The number of para-hydroxylation sites is 1. The van der Waals surface area contributed by atoms with Crippen molar-refractivity contribution in [3.63, 3.8) is 0 Å². The normalized spacial score (nSPS) is 11.6. The quantitative estimate of drug-likeness (QED) is 0.375. The number of carbonyl (C=O) groups excluding carboxylic acids is 1. The molecule has 0 fully saturated rings. The van der Waals surface area contributed by atoms with E-state index in [1.54, 1.807) is 51.1 Å². The van der Waals surface area contributed by atoms with Crippen molar-refractivity contribution in [3.05, 3.63) is 66.2 Å². The van der Waals surface area contributed by atoms with E-state index in [0.29, 0.717) is 11.3 Å². The Morgan fingerprint density at radius 1 is 0.963 bits per heavy atom. The van der Waals surface area contributed by atoms with Gasteiger partial charge in [-0.15, -0.1) is 13.2 Å². The summed E-state index contributed by atoms with van der Waals surface area (Å²) in [6, 6.07) is 11.6. The summed E-state index contributed by atoms with van der Waals surface area (Å²) in [6.07, 6.45) is -4.91. The molecule has 27 heavy (non-hydrogen) atoms. The summed E-state index contributed by atoms with van der Waals surface area (Å²) >= 11 is 0. The van der Waals surface area contributed by atoms with E-state index < -0.39 is 23.7 Å². The van der Waals surface area contributed by atoms with Crippen LogP contribution < -0.4 is 14.2 Å². The summed E-state index contributed by atoms with van der Waals surface area (Å²) in [6.45, 7) is 8.72. The Morgan fingerprint density at radius 2 is 1.59 bits per heavy atom. The van der Waals surface area contributed by atoms with Crippen LogP contribution in [0, 0.1) is 0 Å². The largest absolute Gasteiger partial charge is 0.573 e. The second-order valence-corrected chi connectivity index (χ2v) is 6.30. The first-order valence-electron chi connectivity index (χ1n) is 8.00. The number of ether oxygens (including phenoxy) is 3. The zero-order valence-electron chi connectivity index (χ0n) is 15.1. The third-order valence-corrected chi connectivity index (χ3v) is 3.75. The molecule has 0 aromatic heterocycles. The van der Waals surface area contributed by atoms with Gasteiger partial charge in [0.25, 0.3) is 0 Å². The van der Waals surface area contributed by atoms with E-state index >= 15 is 0 Å². The van der Waals surface area contributed by atoms with E-state index in [2.05, 4.69) is 11.3 Å². The maximum Gasteiger partial charge on any atom is 0.573 e. The zero-order valence-corrected chi connectivity index (χ0v) is 15.1. The maximum atomic E-state index is 12.7. The van der Waals surface area contributed by atoms with Gasteiger partial charge in [-0.25, -0.2) is 4.79 Å². The number of alkyl halides is 3. The monoisotopic (exact) mass is 380 g/mol. The lowest BCUT2D eigenvalue weighted by Crippen LogP contribution is -2.30. The van der Waals surface area contributed by atoms with E-state index in [0.717, 1.165) is 12.1 Å². The molecule has 0 amide bonds. The van der Waals surface area contributed by atoms with Crippen LogP contribution in [0.4, 0.5) is 13.2 Å². The SMILES string of the molecule is C=C(C)C(C)(C)Oc1cc(C(=O)Oc2ccccc2)ccc1OC(F)(F)F. The van der Waals surface area contributed by atoms with Crippen molar-refractivity contribution in [2.45, 2.75) is 32.7 Å². The smallest absolute Gasteiger partial charge is 0.480 e. The number of esters is 1. The highest BCUT2D eigenvalue weighted by Gasteiger charge is 2.34. The van der Waals surface area contributed by atoms with E-state index in [1.807, 2.05) is 0 Å². The standard InChI is InChI=1S/C20H19F3O4/c1-13(2)19(3,4)26-17-12-14(10-11-16(17)27-20(21,22)23)18(24)25-15-8-6-5-7-9-15/h5-12H,1H2,2-4H3. The minimum Gasteiger partial charge on any atom is -0.480 e. The third kappa shape index (κ3) is 5.77. The molecule has 2 aromatic rings. The molecular formula is C20H19F3O4. The fourth-order valence-corrected chi connectivity index (χ4v) is 1.94. The minimum absolute atomic E-state index is 0.0147. The van der Waals surface area contributed by atoms with Gasteiger partial charge in [0.15, 0.2) is 11.5 Å². The lowest BCUT2D eigenvalue weighted by molar-refractivity contribution is -0.275. The molecule has 0 radical (unpaired) electrons. The van der Waals surface area contributed by atoms with E-state index in [9.17, 15) is 18.0 Å². The molecule has 0 aliphatic carbocycles. The Labute approximate surface area is 155 Å². The number of hydrogen-bond acceptors (Lipinski definition) is 4. The molecule has 0 aliphatic heterocycles. The summed E-state index contributed by atoms with van der Waals surface area (Å²) in [5, 5.41) is 0. The molecule has 0 saturated heterocycles. The van der Waals surface area contributed by atoms with Gasteiger partial charge < -0.3 is 14.2 Å². The van der Waals surface area contributed by atoms with Crippen LogP contribution in [0.15, 0.2) is 60.7 Å². The van der Waals surface area contributed by atoms with Crippen molar-refractivity contribution < 1.29 is 32.2 Å². The highest BCUT2D eigenvalue weighted by atomic mass is 19.4. The average molecular weight is 380 g/mol. The molecule has 2 aromatic carbocycles. The van der Waals surface area contributed by atoms with Gasteiger partial charge in [-0.2, -0.15) is 0 Å². The fraction of sp³-hybridized carbons (Fsp3) is 0.250. The molecule has 0 N–H and O–H groups in total. The molecule has 0 saturated carbocycles. The summed E-state index contributed by atoms with van der Waals surface area (Å²) in [4.78, 5) is 12.3. The molecule has 0 unspecified atom stereocenters. The van der Waals surface area contributed by atoms with Gasteiger partial charge in [-0.05, 0) is 56.7 Å². The van der Waals surface area contributed by atoms with Crippen molar-refractivity contribution in [2.24, 2.45) is 0 Å². The van der Waals surface area contributed by atoms with Crippen molar-refractivity contribution >= 4 is 5.97 Å². The van der Waals surface area contributed by atoms with E-state index in [-0.39, 0.29) is 11.3 Å². The molecule has 7 heteroatoms. The lowest BCUT2D eigenvalue weighted by atomic mass is 10.0. The lowest BCUT2D eigenvalue weighted by Gasteiger charge is -2.28. The third-order valence-electron chi connectivity index (χ3n) is 3.75. The molecule has 2 rings (SSSR count). The van der Waals surface area contributed by atoms with Gasteiger partial charge in [-0.1, -0.05) is 24.8 Å². The second-order valence-electron chi connectivity index (χ2n) is 6.30. The van der Waals surface area contributed by atoms with Crippen LogP contribution in [-0.2, 0) is 0 Å². The highest BCUT2D eigenvalue weighted by Crippen LogP contribution is 2.36. The Bertz CT molecular complexity index is 827. The highest BCUT2D eigenvalue weighted by molar-refractivity contribution is 5.91. The minimum atomic E-state index is -4.91. The number of benzene rings is 2. The van der Waals surface area contributed by atoms with Crippen LogP contribution in [0.1, 0.15) is 31.1 Å². The number of halogens is 3. The summed E-state index contributed by atoms with van der Waals surface area (Å²) in [5.74, 6) is -1.24. The van der Waals surface area contributed by atoms with Gasteiger partial charge in [0, 0.05) is 0 Å². The van der Waals surface area contributed by atoms with Crippen molar-refractivity contribution in [1.82, 2.24) is 0 Å². The first-order valence-corrected chi connectivity index (χ1v) is 8.00. The van der Waals surface area contributed by atoms with Crippen molar-refractivity contribution in [1.29, 1.82) is 0 Å². The Morgan fingerprint density at radius 3 is 2.15 bits per heavy atom. The fourth-order valence-electron chi connectivity index (χ4n) is 1.94. The first kappa shape index (κ1) is 20.4. The van der Waals surface area contributed by atoms with Gasteiger partial charge >= 0.3 is 12.3 Å². The second kappa shape index (κ2) is 7.73. The van der Waals surface area contributed by atoms with Gasteiger partial charge in [-0.3, -0.25) is 0 Å². The first-order chi connectivity index (χ1) is 12.5. The number of rotatable bonds is 6. The molecule has 0 heterocycles. The Hall–Kier alpha value is -2.96. The molecule has 0 bridgehead atoms. The van der Waals surface area contributed by atoms with Crippen LogP contribution in [0.2, 0.25) is 0 Å². The Balaban J connectivity index is 2.36. The zero-order chi connectivity index (χ0) is 20.2. The molecule has 4 nitrogen and oxygen atoms in total. The predicted molar refractivity (Wildman–Crippen MR) is 94.0 cm³/mol. The maximum absolute atomic E-state index is 12.7. The van der Waals surface area contributed by atoms with Crippen LogP contribution in [0.5, 0.6) is 17.2 Å². The van der Waals surface area contributed by atoms with Crippen LogP contribution in [-0.4, -0.2) is 17.9 Å². The van der Waals surface area contributed by atoms with Crippen molar-refractivity contribution in [2.75, 3.05) is 0 Å². The molecule has 0 aliphatic rings. The van der Waals surface area contributed by atoms with E-state index in [4.69, 9.17) is 9.47 Å². The van der Waals surface area contributed by atoms with E-state index in [1.165, 1.54) is 6.07 Å². The van der Waals surface area contributed by atoms with Crippen LogP contribution in [0.3, 0.4) is 0 Å². The number of hydrogen-bond donors (Lipinski definition) is 0. The molecule has 144 valence electrons. The summed E-state index contributed by atoms with van der Waals surface area (Å²) < 4.78 is 52.9. The van der Waals surface area contributed by atoms with Gasteiger partial charge in [0.05, 0.1) is 5.56 Å². The molecule has 0 atom stereocenters. The van der Waals surface area contributed by atoms with Gasteiger partial charge in [0.2, 0.25) is 0 Å². The topological polar surface area (TPSA) is 44.8 Å². The average Bonchev–Trinajstić information content (AvgIpc) is 2.55. The molecular weight excluding hydrogens is 361 g/mol. The van der Waals surface area contributed by atoms with Gasteiger partial charge in [0.1, 0.15) is 11.4 Å². The van der Waals surface area contributed by atoms with Crippen LogP contribution in [0.25, 0.3) is 0 Å².